The van der Waals surface area contributed by atoms with E-state index < -0.39 is 0 Å². The number of anilines is 1. The van der Waals surface area contributed by atoms with Crippen molar-refractivity contribution in [1.82, 2.24) is 4.98 Å². The molecular weight excluding hydrogens is 258 g/mol. The van der Waals surface area contributed by atoms with Gasteiger partial charge in [0.2, 0.25) is 5.91 Å². The molecule has 0 saturated carbocycles. The number of nitrogens with two attached hydrogens (primary N) is 1. The molecule has 0 radical (unpaired) electrons. The van der Waals surface area contributed by atoms with Crippen molar-refractivity contribution in [3.63, 3.8) is 0 Å². The van der Waals surface area contributed by atoms with E-state index in [1.54, 1.807) is 12.1 Å². The summed E-state index contributed by atoms with van der Waals surface area (Å²) in [4.78, 5) is 16.5. The summed E-state index contributed by atoms with van der Waals surface area (Å²) < 4.78 is 10.7. The molecule has 1 aromatic carbocycles. The van der Waals surface area contributed by atoms with E-state index in [-0.39, 0.29) is 17.9 Å². The van der Waals surface area contributed by atoms with Gasteiger partial charge in [0.1, 0.15) is 5.52 Å². The van der Waals surface area contributed by atoms with Gasteiger partial charge in [-0.1, -0.05) is 6.92 Å². The maximum Gasteiger partial charge on any atom is 0.231 e. The Kier molecular flexibility index (Phi) is 3.42. The second-order valence-electron chi connectivity index (χ2n) is 4.94. The number of ether oxygens (including phenoxy) is 1. The van der Waals surface area contributed by atoms with E-state index in [0.29, 0.717) is 24.8 Å². The number of carbonyl (C=O) groups excluding carboxylic acids is 1. The number of aryl methyl sites for hydroxylation is 1. The average Bonchev–Trinajstić information content (AvgIpc) is 3.03. The lowest BCUT2D eigenvalue weighted by molar-refractivity contribution is -0.120. The molecule has 6 nitrogen and oxygen atoms in total. The van der Waals surface area contributed by atoms with Gasteiger partial charge in [0, 0.05) is 18.2 Å². The molecule has 2 aromatic rings. The second-order valence-corrected chi connectivity index (χ2v) is 4.94. The van der Waals surface area contributed by atoms with E-state index >= 15 is 0 Å². The zero-order valence-electron chi connectivity index (χ0n) is 11.3. The van der Waals surface area contributed by atoms with Crippen LogP contribution in [0.3, 0.4) is 0 Å². The Hall–Kier alpha value is -1.92. The van der Waals surface area contributed by atoms with Gasteiger partial charge in [-0.2, -0.15) is 0 Å². The molecule has 1 fully saturated rings. The van der Waals surface area contributed by atoms with Crippen LogP contribution in [0.25, 0.3) is 11.1 Å². The second kappa shape index (κ2) is 5.22. The molecule has 1 aliphatic heterocycles. The SMILES string of the molecule is CCc1nc2cc(NC(=O)C3COCC3N)ccc2o1. The van der Waals surface area contributed by atoms with Crippen molar-refractivity contribution in [3.05, 3.63) is 24.1 Å². The van der Waals surface area contributed by atoms with E-state index in [4.69, 9.17) is 14.9 Å². The van der Waals surface area contributed by atoms with Crippen molar-refractivity contribution in [2.24, 2.45) is 11.7 Å². The van der Waals surface area contributed by atoms with Crippen LogP contribution in [0.1, 0.15) is 12.8 Å². The highest BCUT2D eigenvalue weighted by molar-refractivity contribution is 5.95. The fraction of sp³-hybridized carbons (Fsp3) is 0.429. The van der Waals surface area contributed by atoms with Crippen LogP contribution in [0.15, 0.2) is 22.6 Å². The molecule has 1 aliphatic rings. The van der Waals surface area contributed by atoms with Crippen LogP contribution in [0, 0.1) is 5.92 Å². The normalized spacial score (nSPS) is 22.3. The summed E-state index contributed by atoms with van der Waals surface area (Å²) in [6, 6.07) is 5.17. The number of nitrogens with zero attached hydrogens (tertiary/aromatic N) is 1. The van der Waals surface area contributed by atoms with Crippen LogP contribution in [0.4, 0.5) is 5.69 Å². The van der Waals surface area contributed by atoms with Crippen molar-refractivity contribution in [2.75, 3.05) is 18.5 Å². The van der Waals surface area contributed by atoms with E-state index in [1.807, 2.05) is 13.0 Å². The monoisotopic (exact) mass is 275 g/mol. The summed E-state index contributed by atoms with van der Waals surface area (Å²) in [5.41, 5.74) is 7.99. The smallest absolute Gasteiger partial charge is 0.231 e. The Balaban J connectivity index is 1.78. The predicted octanol–water partition coefficient (Wildman–Crippen LogP) is 1.30. The Morgan fingerprint density at radius 3 is 3.05 bits per heavy atom. The molecule has 20 heavy (non-hydrogen) atoms. The lowest BCUT2D eigenvalue weighted by atomic mass is 10.0. The zero-order valence-corrected chi connectivity index (χ0v) is 11.3. The van der Waals surface area contributed by atoms with Crippen molar-refractivity contribution in [1.29, 1.82) is 0 Å². The highest BCUT2D eigenvalue weighted by atomic mass is 16.5. The molecule has 3 rings (SSSR count). The highest BCUT2D eigenvalue weighted by Crippen LogP contribution is 2.21. The van der Waals surface area contributed by atoms with Gasteiger partial charge in [-0.15, -0.1) is 0 Å². The number of nitrogens with one attached hydrogen (secondary N) is 1. The first-order valence-corrected chi connectivity index (χ1v) is 6.71. The summed E-state index contributed by atoms with van der Waals surface area (Å²) in [5.74, 6) is 0.275. The van der Waals surface area contributed by atoms with Crippen LogP contribution in [-0.2, 0) is 16.0 Å². The summed E-state index contributed by atoms with van der Waals surface area (Å²) in [5, 5.41) is 2.85. The maximum absolute atomic E-state index is 12.1. The fourth-order valence-electron chi connectivity index (χ4n) is 2.28. The van der Waals surface area contributed by atoms with Gasteiger partial charge >= 0.3 is 0 Å². The number of hydrogen-bond acceptors (Lipinski definition) is 5. The van der Waals surface area contributed by atoms with Crippen molar-refractivity contribution in [2.45, 2.75) is 19.4 Å². The standard InChI is InChI=1S/C14H17N3O3/c1-2-13-17-11-5-8(3-4-12(11)20-13)16-14(18)9-6-19-7-10(9)15/h3-5,9-10H,2,6-7,15H2,1H3,(H,16,18). The Labute approximate surface area is 116 Å². The molecule has 1 aromatic heterocycles. The predicted molar refractivity (Wildman–Crippen MR) is 74.3 cm³/mol. The average molecular weight is 275 g/mol. The molecule has 2 unspecified atom stereocenters. The van der Waals surface area contributed by atoms with Crippen LogP contribution >= 0.6 is 0 Å². The number of hydrogen-bond donors (Lipinski definition) is 2. The molecule has 0 aliphatic carbocycles. The van der Waals surface area contributed by atoms with E-state index in [9.17, 15) is 4.79 Å². The van der Waals surface area contributed by atoms with Crippen LogP contribution < -0.4 is 11.1 Å². The number of amides is 1. The first-order chi connectivity index (χ1) is 9.67. The van der Waals surface area contributed by atoms with Gasteiger partial charge in [-0.05, 0) is 18.2 Å². The summed E-state index contributed by atoms with van der Waals surface area (Å²) in [6.07, 6.45) is 0.741. The molecule has 2 atom stereocenters. The van der Waals surface area contributed by atoms with Gasteiger partial charge in [0.25, 0.3) is 0 Å². The molecular formula is C14H17N3O3. The number of rotatable bonds is 3. The number of benzene rings is 1. The molecule has 1 saturated heterocycles. The van der Waals surface area contributed by atoms with E-state index in [2.05, 4.69) is 10.3 Å². The van der Waals surface area contributed by atoms with Gasteiger partial charge in [0.15, 0.2) is 11.5 Å². The maximum atomic E-state index is 12.1. The van der Waals surface area contributed by atoms with Crippen LogP contribution in [-0.4, -0.2) is 30.1 Å². The summed E-state index contributed by atoms with van der Waals surface area (Å²) in [7, 11) is 0. The van der Waals surface area contributed by atoms with E-state index in [1.165, 1.54) is 0 Å². The largest absolute Gasteiger partial charge is 0.441 e. The number of carbonyl (C=O) groups is 1. The highest BCUT2D eigenvalue weighted by Gasteiger charge is 2.31. The molecule has 6 heteroatoms. The van der Waals surface area contributed by atoms with E-state index in [0.717, 1.165) is 17.5 Å². The van der Waals surface area contributed by atoms with Gasteiger partial charge in [0.05, 0.1) is 19.1 Å². The quantitative estimate of drug-likeness (QED) is 0.881. The topological polar surface area (TPSA) is 90.4 Å². The third-order valence-corrected chi connectivity index (χ3v) is 3.46. The minimum Gasteiger partial charge on any atom is -0.441 e. The van der Waals surface area contributed by atoms with Crippen molar-refractivity contribution >= 4 is 22.7 Å². The van der Waals surface area contributed by atoms with Gasteiger partial charge in [-0.25, -0.2) is 4.98 Å². The lowest BCUT2D eigenvalue weighted by Gasteiger charge is -2.13. The number of oxazole rings is 1. The molecule has 106 valence electrons. The first-order valence-electron chi connectivity index (χ1n) is 6.71. The van der Waals surface area contributed by atoms with Crippen LogP contribution in [0.5, 0.6) is 0 Å². The Bertz CT molecular complexity index is 638. The minimum absolute atomic E-state index is 0.117. The van der Waals surface area contributed by atoms with Gasteiger partial charge in [-0.3, -0.25) is 4.79 Å². The van der Waals surface area contributed by atoms with Gasteiger partial charge < -0.3 is 20.2 Å². The third kappa shape index (κ3) is 2.39. The number of fused-ring (bicyclic) bond motifs is 1. The minimum atomic E-state index is -0.297. The fourth-order valence-corrected chi connectivity index (χ4v) is 2.28. The summed E-state index contributed by atoms with van der Waals surface area (Å²) in [6.45, 7) is 2.79. The Morgan fingerprint density at radius 2 is 2.35 bits per heavy atom. The van der Waals surface area contributed by atoms with Crippen LogP contribution in [0.2, 0.25) is 0 Å². The number of aromatic nitrogens is 1. The molecule has 2 heterocycles. The van der Waals surface area contributed by atoms with Crippen molar-refractivity contribution in [3.8, 4) is 0 Å². The third-order valence-electron chi connectivity index (χ3n) is 3.46. The zero-order chi connectivity index (χ0) is 14.1. The molecule has 0 bridgehead atoms. The Morgan fingerprint density at radius 1 is 1.50 bits per heavy atom. The summed E-state index contributed by atoms with van der Waals surface area (Å²) >= 11 is 0. The van der Waals surface area contributed by atoms with Crippen molar-refractivity contribution < 1.29 is 13.9 Å². The first kappa shape index (κ1) is 13.1. The molecule has 3 N–H and O–H groups in total. The molecule has 0 spiro atoms. The molecule has 1 amide bonds. The lowest BCUT2D eigenvalue weighted by Crippen LogP contribution is -2.37.